The van der Waals surface area contributed by atoms with Crippen molar-refractivity contribution in [3.8, 4) is 11.1 Å². The number of hydrogen-bond donors (Lipinski definition) is 0. The molecule has 0 spiro atoms. The van der Waals surface area contributed by atoms with E-state index in [9.17, 15) is 4.79 Å². The predicted octanol–water partition coefficient (Wildman–Crippen LogP) is 6.32. The Kier molecular flexibility index (Phi) is 6.80. The quantitative estimate of drug-likeness (QED) is 0.302. The van der Waals surface area contributed by atoms with Crippen LogP contribution in [0.15, 0.2) is 77.3 Å². The van der Waals surface area contributed by atoms with E-state index in [1.54, 1.807) is 11.3 Å². The fourth-order valence-electron chi connectivity index (χ4n) is 3.42. The van der Waals surface area contributed by atoms with Crippen LogP contribution in [0.2, 0.25) is 0 Å². The molecule has 0 bridgehead atoms. The third-order valence-electron chi connectivity index (χ3n) is 5.04. The standard InChI is InChI=1S/C25H24BrN3OS/c1-28(2)15-6-16-29(25-27-22-14-13-21(26)17-23(22)31-25)24(30)20-11-9-19(10-12-20)18-7-4-3-5-8-18/h3-5,7-14,17H,6,15-16H2,1-2H3. The molecule has 3 aromatic carbocycles. The summed E-state index contributed by atoms with van der Waals surface area (Å²) in [6, 6.07) is 24.0. The van der Waals surface area contributed by atoms with Gasteiger partial charge in [0.1, 0.15) is 0 Å². The number of nitrogens with zero attached hydrogens (tertiary/aromatic N) is 3. The first-order valence-electron chi connectivity index (χ1n) is 10.2. The largest absolute Gasteiger partial charge is 0.309 e. The van der Waals surface area contributed by atoms with E-state index < -0.39 is 0 Å². The van der Waals surface area contributed by atoms with Crippen LogP contribution in [0.4, 0.5) is 5.13 Å². The second-order valence-electron chi connectivity index (χ2n) is 7.67. The van der Waals surface area contributed by atoms with Gasteiger partial charge in [-0.15, -0.1) is 0 Å². The first kappa shape index (κ1) is 21.7. The predicted molar refractivity (Wildman–Crippen MR) is 134 cm³/mol. The molecule has 4 nitrogen and oxygen atoms in total. The lowest BCUT2D eigenvalue weighted by Crippen LogP contribution is -2.33. The highest BCUT2D eigenvalue weighted by Crippen LogP contribution is 2.32. The van der Waals surface area contributed by atoms with Crippen LogP contribution in [0.25, 0.3) is 21.3 Å². The fourth-order valence-corrected chi connectivity index (χ4v) is 4.96. The van der Waals surface area contributed by atoms with Crippen molar-refractivity contribution in [2.24, 2.45) is 0 Å². The molecule has 158 valence electrons. The van der Waals surface area contributed by atoms with Gasteiger partial charge in [0, 0.05) is 16.6 Å². The Balaban J connectivity index is 1.62. The number of carbonyl (C=O) groups excluding carboxylic acids is 1. The number of hydrogen-bond acceptors (Lipinski definition) is 4. The first-order valence-corrected chi connectivity index (χ1v) is 11.8. The SMILES string of the molecule is CN(C)CCCN(C(=O)c1ccc(-c2ccccc2)cc1)c1nc2ccc(Br)cc2s1. The monoisotopic (exact) mass is 493 g/mol. The number of thiazole rings is 1. The molecule has 0 aliphatic carbocycles. The summed E-state index contributed by atoms with van der Waals surface area (Å²) in [6.07, 6.45) is 0.875. The van der Waals surface area contributed by atoms with Crippen LogP contribution in [-0.2, 0) is 0 Å². The summed E-state index contributed by atoms with van der Waals surface area (Å²) in [7, 11) is 4.09. The van der Waals surface area contributed by atoms with E-state index in [-0.39, 0.29) is 5.91 Å². The van der Waals surface area contributed by atoms with Gasteiger partial charge in [0.15, 0.2) is 5.13 Å². The molecule has 0 saturated heterocycles. The van der Waals surface area contributed by atoms with Gasteiger partial charge in [0.05, 0.1) is 10.2 Å². The van der Waals surface area contributed by atoms with Gasteiger partial charge in [-0.25, -0.2) is 4.98 Å². The summed E-state index contributed by atoms with van der Waals surface area (Å²) in [5.74, 6) is -0.0171. The molecule has 0 aliphatic rings. The van der Waals surface area contributed by atoms with Crippen molar-refractivity contribution >= 4 is 48.5 Å². The second kappa shape index (κ2) is 9.73. The van der Waals surface area contributed by atoms with Crippen molar-refractivity contribution in [3.63, 3.8) is 0 Å². The Morgan fingerprint density at radius 1 is 0.935 bits per heavy atom. The fraction of sp³-hybridized carbons (Fsp3) is 0.200. The zero-order valence-corrected chi connectivity index (χ0v) is 20.0. The van der Waals surface area contributed by atoms with Crippen LogP contribution in [0.1, 0.15) is 16.8 Å². The number of aromatic nitrogens is 1. The van der Waals surface area contributed by atoms with Crippen LogP contribution in [-0.4, -0.2) is 43.0 Å². The molecule has 4 rings (SSSR count). The van der Waals surface area contributed by atoms with Gasteiger partial charge in [-0.05, 0) is 68.5 Å². The highest BCUT2D eigenvalue weighted by atomic mass is 79.9. The van der Waals surface area contributed by atoms with Gasteiger partial charge in [0.25, 0.3) is 5.91 Å². The van der Waals surface area contributed by atoms with Gasteiger partial charge >= 0.3 is 0 Å². The van der Waals surface area contributed by atoms with E-state index in [0.29, 0.717) is 12.1 Å². The molecular weight excluding hydrogens is 470 g/mol. The average molecular weight is 494 g/mol. The van der Waals surface area contributed by atoms with Gasteiger partial charge < -0.3 is 4.90 Å². The molecule has 1 amide bonds. The van der Waals surface area contributed by atoms with Crippen molar-refractivity contribution in [2.75, 3.05) is 32.1 Å². The summed E-state index contributed by atoms with van der Waals surface area (Å²) in [4.78, 5) is 22.2. The number of benzene rings is 3. The molecule has 4 aromatic rings. The minimum Gasteiger partial charge on any atom is -0.309 e. The Bertz CT molecular complexity index is 1170. The minimum absolute atomic E-state index is 0.0171. The van der Waals surface area contributed by atoms with E-state index in [1.807, 2.05) is 79.7 Å². The lowest BCUT2D eigenvalue weighted by molar-refractivity contribution is 0.0986. The van der Waals surface area contributed by atoms with Crippen LogP contribution in [0, 0.1) is 0 Å². The van der Waals surface area contributed by atoms with Crippen LogP contribution >= 0.6 is 27.3 Å². The van der Waals surface area contributed by atoms with E-state index >= 15 is 0 Å². The number of fused-ring (bicyclic) bond motifs is 1. The Morgan fingerprint density at radius 3 is 2.35 bits per heavy atom. The average Bonchev–Trinajstić information content (AvgIpc) is 3.19. The zero-order valence-electron chi connectivity index (χ0n) is 17.6. The maximum Gasteiger partial charge on any atom is 0.260 e. The Morgan fingerprint density at radius 2 is 1.65 bits per heavy atom. The van der Waals surface area contributed by atoms with E-state index in [0.717, 1.165) is 43.9 Å². The topological polar surface area (TPSA) is 36.4 Å². The van der Waals surface area contributed by atoms with Crippen molar-refractivity contribution in [1.82, 2.24) is 9.88 Å². The van der Waals surface area contributed by atoms with Crippen LogP contribution < -0.4 is 4.90 Å². The highest BCUT2D eigenvalue weighted by molar-refractivity contribution is 9.10. The lowest BCUT2D eigenvalue weighted by Gasteiger charge is -2.21. The van der Waals surface area contributed by atoms with Gasteiger partial charge in [-0.2, -0.15) is 0 Å². The second-order valence-corrected chi connectivity index (χ2v) is 9.59. The molecule has 1 heterocycles. The third-order valence-corrected chi connectivity index (χ3v) is 6.58. The molecule has 0 fully saturated rings. The summed E-state index contributed by atoms with van der Waals surface area (Å²) < 4.78 is 2.08. The molecule has 0 radical (unpaired) electrons. The number of amides is 1. The van der Waals surface area contributed by atoms with Crippen LogP contribution in [0.3, 0.4) is 0 Å². The first-order chi connectivity index (χ1) is 15.0. The van der Waals surface area contributed by atoms with Crippen LogP contribution in [0.5, 0.6) is 0 Å². The maximum atomic E-state index is 13.5. The van der Waals surface area contributed by atoms with Crippen molar-refractivity contribution in [2.45, 2.75) is 6.42 Å². The summed E-state index contributed by atoms with van der Waals surface area (Å²) >= 11 is 5.07. The molecule has 0 aliphatic heterocycles. The molecule has 0 saturated carbocycles. The zero-order chi connectivity index (χ0) is 21.8. The molecule has 6 heteroatoms. The molecule has 1 aromatic heterocycles. The molecular formula is C25H24BrN3OS. The minimum atomic E-state index is -0.0171. The molecule has 31 heavy (non-hydrogen) atoms. The van der Waals surface area contributed by atoms with Gasteiger partial charge in [0.2, 0.25) is 0 Å². The molecule has 0 unspecified atom stereocenters. The molecule has 0 N–H and O–H groups in total. The summed E-state index contributed by atoms with van der Waals surface area (Å²) in [5, 5.41) is 0.740. The van der Waals surface area contributed by atoms with Crippen molar-refractivity contribution < 1.29 is 4.79 Å². The maximum absolute atomic E-state index is 13.5. The Hall–Kier alpha value is -2.54. The Labute approximate surface area is 195 Å². The van der Waals surface area contributed by atoms with Gasteiger partial charge in [-0.3, -0.25) is 9.69 Å². The lowest BCUT2D eigenvalue weighted by atomic mass is 10.0. The van der Waals surface area contributed by atoms with E-state index in [2.05, 4.69) is 33.0 Å². The summed E-state index contributed by atoms with van der Waals surface area (Å²) in [5.41, 5.74) is 3.82. The van der Waals surface area contributed by atoms with Crippen molar-refractivity contribution in [3.05, 3.63) is 82.8 Å². The smallest absolute Gasteiger partial charge is 0.260 e. The molecule has 0 atom stereocenters. The van der Waals surface area contributed by atoms with E-state index in [4.69, 9.17) is 4.98 Å². The number of carbonyl (C=O) groups is 1. The van der Waals surface area contributed by atoms with E-state index in [1.165, 1.54) is 0 Å². The number of rotatable bonds is 7. The highest BCUT2D eigenvalue weighted by Gasteiger charge is 2.21. The van der Waals surface area contributed by atoms with Gasteiger partial charge in [-0.1, -0.05) is 69.7 Å². The normalized spacial score (nSPS) is 11.2. The summed E-state index contributed by atoms with van der Waals surface area (Å²) in [6.45, 7) is 1.53. The van der Waals surface area contributed by atoms with Crippen molar-refractivity contribution in [1.29, 1.82) is 0 Å². The number of halogens is 1. The third kappa shape index (κ3) is 5.21. The number of anilines is 1.